The van der Waals surface area contributed by atoms with Crippen molar-refractivity contribution >= 4 is 17.5 Å². The van der Waals surface area contributed by atoms with Crippen LogP contribution in [0.2, 0.25) is 0 Å². The first kappa shape index (κ1) is 24.0. The van der Waals surface area contributed by atoms with Crippen LogP contribution in [0, 0.1) is 0 Å². The zero-order chi connectivity index (χ0) is 25.4. The van der Waals surface area contributed by atoms with Crippen LogP contribution >= 0.6 is 0 Å². The number of fused-ring (bicyclic) bond motifs is 1. The summed E-state index contributed by atoms with van der Waals surface area (Å²) in [5.41, 5.74) is 0.260. The molecule has 0 bridgehead atoms. The molecular formula is C25H25F3N6O2. The first-order chi connectivity index (χ1) is 17.2. The molecule has 5 rings (SSSR count). The van der Waals surface area contributed by atoms with Gasteiger partial charge in [-0.3, -0.25) is 14.5 Å². The van der Waals surface area contributed by atoms with Crippen LogP contribution in [0.15, 0.2) is 54.7 Å². The highest BCUT2D eigenvalue weighted by Crippen LogP contribution is 2.35. The molecule has 1 aromatic heterocycles. The number of nitrogens with zero attached hydrogens (tertiary/aromatic N) is 6. The number of halogens is 3. The Morgan fingerprint density at radius 1 is 0.944 bits per heavy atom. The van der Waals surface area contributed by atoms with Crippen molar-refractivity contribution in [1.82, 2.24) is 24.8 Å². The van der Waals surface area contributed by atoms with Gasteiger partial charge in [-0.1, -0.05) is 35.5 Å². The molecule has 0 saturated carbocycles. The summed E-state index contributed by atoms with van der Waals surface area (Å²) in [6.45, 7) is 2.63. The van der Waals surface area contributed by atoms with Gasteiger partial charge < -0.3 is 9.80 Å². The summed E-state index contributed by atoms with van der Waals surface area (Å²) in [5, 5.41) is 7.72. The standard InChI is InChI=1S/C25H25F3N6O2/c1-31-12-14-32(15-13-31)24(36)22-11-10-17-6-2-4-8-20(17)34(22)23(35)19-16-33(30-29-19)21-9-5-3-7-18(21)25(26,27)28/h2-9,16,22H,10-15H2,1H3. The molecule has 11 heteroatoms. The fraction of sp³-hybridized carbons (Fsp3) is 0.360. The van der Waals surface area contributed by atoms with Crippen LogP contribution in [0.3, 0.4) is 0 Å². The van der Waals surface area contributed by atoms with E-state index in [0.29, 0.717) is 31.6 Å². The number of likely N-dealkylation sites (N-methyl/N-ethyl adjacent to an activating group) is 1. The molecule has 2 aromatic carbocycles. The van der Waals surface area contributed by atoms with Crippen LogP contribution in [-0.2, 0) is 17.4 Å². The summed E-state index contributed by atoms with van der Waals surface area (Å²) < 4.78 is 41.5. The van der Waals surface area contributed by atoms with Gasteiger partial charge in [0.15, 0.2) is 5.69 Å². The quantitative estimate of drug-likeness (QED) is 0.555. The third kappa shape index (κ3) is 4.46. The van der Waals surface area contributed by atoms with Crippen molar-refractivity contribution in [1.29, 1.82) is 0 Å². The lowest BCUT2D eigenvalue weighted by molar-refractivity contribution is -0.137. The largest absolute Gasteiger partial charge is 0.418 e. The molecule has 0 N–H and O–H groups in total. The molecular weight excluding hydrogens is 473 g/mol. The Morgan fingerprint density at radius 2 is 1.61 bits per heavy atom. The summed E-state index contributed by atoms with van der Waals surface area (Å²) in [7, 11) is 1.99. The molecule has 0 radical (unpaired) electrons. The van der Waals surface area contributed by atoms with Gasteiger partial charge in [0.25, 0.3) is 5.91 Å². The van der Waals surface area contributed by atoms with Crippen molar-refractivity contribution in [3.63, 3.8) is 0 Å². The van der Waals surface area contributed by atoms with E-state index in [4.69, 9.17) is 0 Å². The van der Waals surface area contributed by atoms with Gasteiger partial charge in [0.2, 0.25) is 5.91 Å². The van der Waals surface area contributed by atoms with Crippen molar-refractivity contribution in [3.05, 3.63) is 71.5 Å². The van der Waals surface area contributed by atoms with E-state index in [1.807, 2.05) is 19.2 Å². The number of carbonyl (C=O) groups excluding carboxylic acids is 2. The molecule has 3 heterocycles. The number of alkyl halides is 3. The summed E-state index contributed by atoms with van der Waals surface area (Å²) in [6, 6.07) is 11.6. The van der Waals surface area contributed by atoms with E-state index >= 15 is 0 Å². The number of aromatic nitrogens is 3. The minimum Gasteiger partial charge on any atom is -0.338 e. The Balaban J connectivity index is 1.49. The first-order valence-corrected chi connectivity index (χ1v) is 11.7. The van der Waals surface area contributed by atoms with Crippen LogP contribution < -0.4 is 4.90 Å². The fourth-order valence-electron chi connectivity index (χ4n) is 4.78. The van der Waals surface area contributed by atoms with Crippen molar-refractivity contribution in [3.8, 4) is 5.69 Å². The Morgan fingerprint density at radius 3 is 2.33 bits per heavy atom. The van der Waals surface area contributed by atoms with Crippen LogP contribution in [-0.4, -0.2) is 75.9 Å². The Hall–Kier alpha value is -3.73. The Bertz CT molecular complexity index is 1280. The Labute approximate surface area is 205 Å². The average Bonchev–Trinajstić information content (AvgIpc) is 3.37. The molecule has 3 aromatic rings. The van der Waals surface area contributed by atoms with Gasteiger partial charge in [-0.05, 0) is 43.7 Å². The molecule has 2 aliphatic heterocycles. The van der Waals surface area contributed by atoms with E-state index < -0.39 is 23.7 Å². The maximum Gasteiger partial charge on any atom is 0.418 e. The van der Waals surface area contributed by atoms with Gasteiger partial charge in [0.05, 0.1) is 17.4 Å². The summed E-state index contributed by atoms with van der Waals surface area (Å²) >= 11 is 0. The minimum absolute atomic E-state index is 0.138. The number of carbonyl (C=O) groups is 2. The number of piperazine rings is 1. The molecule has 1 unspecified atom stereocenters. The van der Waals surface area contributed by atoms with Crippen LogP contribution in [0.5, 0.6) is 0 Å². The van der Waals surface area contributed by atoms with E-state index in [1.54, 1.807) is 17.0 Å². The zero-order valence-corrected chi connectivity index (χ0v) is 19.6. The van der Waals surface area contributed by atoms with Crippen molar-refractivity contribution in [2.75, 3.05) is 38.1 Å². The third-order valence-corrected chi connectivity index (χ3v) is 6.74. The van der Waals surface area contributed by atoms with Crippen LogP contribution in [0.25, 0.3) is 5.69 Å². The van der Waals surface area contributed by atoms with E-state index in [9.17, 15) is 22.8 Å². The number of hydrogen-bond acceptors (Lipinski definition) is 5. The number of amides is 2. The Kier molecular flexibility index (Phi) is 6.25. The number of benzene rings is 2. The SMILES string of the molecule is CN1CCN(C(=O)C2CCc3ccccc3N2C(=O)c2cn(-c3ccccc3C(F)(F)F)nn2)CC1. The monoisotopic (exact) mass is 498 g/mol. The highest BCUT2D eigenvalue weighted by Gasteiger charge is 2.40. The summed E-state index contributed by atoms with van der Waals surface area (Å²) in [4.78, 5) is 32.6. The second-order valence-electron chi connectivity index (χ2n) is 9.05. The van der Waals surface area contributed by atoms with Gasteiger partial charge in [-0.2, -0.15) is 13.2 Å². The molecule has 0 aliphatic carbocycles. The van der Waals surface area contributed by atoms with Gasteiger partial charge in [-0.25, -0.2) is 4.68 Å². The average molecular weight is 499 g/mol. The number of anilines is 1. The van der Waals surface area contributed by atoms with E-state index in [2.05, 4.69) is 15.2 Å². The normalized spacial score (nSPS) is 18.7. The van der Waals surface area contributed by atoms with Gasteiger partial charge in [0, 0.05) is 31.9 Å². The topological polar surface area (TPSA) is 74.6 Å². The number of para-hydroxylation sites is 2. The maximum absolute atomic E-state index is 13.7. The second kappa shape index (κ2) is 9.38. The fourth-order valence-corrected chi connectivity index (χ4v) is 4.78. The summed E-state index contributed by atoms with van der Waals surface area (Å²) in [6.07, 6.45) is -2.34. The third-order valence-electron chi connectivity index (χ3n) is 6.74. The van der Waals surface area contributed by atoms with Crippen molar-refractivity contribution in [2.45, 2.75) is 25.1 Å². The molecule has 2 aliphatic rings. The number of aryl methyl sites for hydroxylation is 1. The molecule has 8 nitrogen and oxygen atoms in total. The van der Waals surface area contributed by atoms with E-state index in [-0.39, 0.29) is 17.3 Å². The molecule has 36 heavy (non-hydrogen) atoms. The molecule has 1 atom stereocenters. The molecule has 1 saturated heterocycles. The molecule has 0 spiro atoms. The smallest absolute Gasteiger partial charge is 0.338 e. The van der Waals surface area contributed by atoms with Crippen LogP contribution in [0.4, 0.5) is 18.9 Å². The van der Waals surface area contributed by atoms with E-state index in [0.717, 1.165) is 29.4 Å². The molecule has 2 amide bonds. The minimum atomic E-state index is -4.60. The number of hydrogen-bond donors (Lipinski definition) is 0. The lowest BCUT2D eigenvalue weighted by Crippen LogP contribution is -2.57. The van der Waals surface area contributed by atoms with Gasteiger partial charge in [0.1, 0.15) is 6.04 Å². The predicted molar refractivity (Wildman–Crippen MR) is 126 cm³/mol. The van der Waals surface area contributed by atoms with Crippen LogP contribution in [0.1, 0.15) is 28.0 Å². The molecule has 1 fully saturated rings. The highest BCUT2D eigenvalue weighted by atomic mass is 19.4. The van der Waals surface area contributed by atoms with Gasteiger partial charge >= 0.3 is 6.18 Å². The second-order valence-corrected chi connectivity index (χ2v) is 9.05. The maximum atomic E-state index is 13.7. The van der Waals surface area contributed by atoms with Crippen molar-refractivity contribution < 1.29 is 22.8 Å². The highest BCUT2D eigenvalue weighted by molar-refractivity contribution is 6.09. The predicted octanol–water partition coefficient (Wildman–Crippen LogP) is 3.02. The summed E-state index contributed by atoms with van der Waals surface area (Å²) in [5.74, 6) is -0.717. The first-order valence-electron chi connectivity index (χ1n) is 11.7. The van der Waals surface area contributed by atoms with Gasteiger partial charge in [-0.15, -0.1) is 5.10 Å². The zero-order valence-electron chi connectivity index (χ0n) is 19.6. The van der Waals surface area contributed by atoms with Crippen molar-refractivity contribution in [2.24, 2.45) is 0 Å². The lowest BCUT2D eigenvalue weighted by Gasteiger charge is -2.40. The molecule has 188 valence electrons. The van der Waals surface area contributed by atoms with E-state index in [1.165, 1.54) is 29.3 Å². The number of rotatable bonds is 3. The lowest BCUT2D eigenvalue weighted by atomic mass is 9.94.